The molecule has 0 saturated carbocycles. The zero-order valence-corrected chi connectivity index (χ0v) is 10.6. The number of piperidine rings is 1. The van der Waals surface area contributed by atoms with E-state index < -0.39 is 0 Å². The van der Waals surface area contributed by atoms with Crippen molar-refractivity contribution in [2.24, 2.45) is 17.6 Å². The smallest absolute Gasteiger partial charge is 0.165 e. The minimum atomic E-state index is -0.307. The van der Waals surface area contributed by atoms with Gasteiger partial charge in [-0.3, -0.25) is 0 Å². The van der Waals surface area contributed by atoms with Gasteiger partial charge in [0, 0.05) is 5.92 Å². The van der Waals surface area contributed by atoms with E-state index in [1.807, 2.05) is 0 Å². The highest BCUT2D eigenvalue weighted by Crippen LogP contribution is 2.23. The van der Waals surface area contributed by atoms with Gasteiger partial charge in [0.15, 0.2) is 11.6 Å². The Morgan fingerprint density at radius 2 is 2.06 bits per heavy atom. The quantitative estimate of drug-likeness (QED) is 0.839. The van der Waals surface area contributed by atoms with Gasteiger partial charge >= 0.3 is 0 Å². The molecule has 4 heteroatoms. The van der Waals surface area contributed by atoms with Crippen LogP contribution in [0.4, 0.5) is 4.39 Å². The molecule has 3 N–H and O–H groups in total. The normalized spacial score (nSPS) is 18.6. The average Bonchev–Trinajstić information content (AvgIpc) is 2.42. The van der Waals surface area contributed by atoms with E-state index >= 15 is 0 Å². The first-order valence-electron chi connectivity index (χ1n) is 6.59. The Balaban J connectivity index is 1.88. The number of ether oxygens (including phenoxy) is 1. The summed E-state index contributed by atoms with van der Waals surface area (Å²) in [6.45, 7) is 3.18. The molecule has 0 aromatic heterocycles. The van der Waals surface area contributed by atoms with Crippen molar-refractivity contribution in [3.05, 3.63) is 30.1 Å². The lowest BCUT2D eigenvalue weighted by Gasteiger charge is -2.29. The molecule has 1 saturated heterocycles. The van der Waals surface area contributed by atoms with Gasteiger partial charge in [0.05, 0.1) is 6.61 Å². The summed E-state index contributed by atoms with van der Waals surface area (Å²) in [6.07, 6.45) is 2.25. The lowest BCUT2D eigenvalue weighted by molar-refractivity contribution is 0.168. The van der Waals surface area contributed by atoms with Crippen LogP contribution < -0.4 is 15.8 Å². The second kappa shape index (κ2) is 6.71. The van der Waals surface area contributed by atoms with Crippen LogP contribution in [0.25, 0.3) is 0 Å². The van der Waals surface area contributed by atoms with E-state index in [9.17, 15) is 4.39 Å². The van der Waals surface area contributed by atoms with Gasteiger partial charge in [-0.2, -0.15) is 0 Å². The van der Waals surface area contributed by atoms with Crippen molar-refractivity contribution in [3.8, 4) is 5.75 Å². The van der Waals surface area contributed by atoms with E-state index in [1.165, 1.54) is 6.07 Å². The lowest BCUT2D eigenvalue weighted by atomic mass is 9.85. The molecular weight excluding hydrogens is 231 g/mol. The molecule has 1 aromatic rings. The van der Waals surface area contributed by atoms with Crippen LogP contribution in [0, 0.1) is 17.7 Å². The van der Waals surface area contributed by atoms with Crippen LogP contribution in [-0.2, 0) is 0 Å². The first-order chi connectivity index (χ1) is 8.81. The number of hydrogen-bond donors (Lipinski definition) is 2. The van der Waals surface area contributed by atoms with Gasteiger partial charge in [-0.25, -0.2) is 4.39 Å². The number of nitrogens with one attached hydrogen (secondary N) is 1. The minimum absolute atomic E-state index is 0.307. The molecule has 18 heavy (non-hydrogen) atoms. The van der Waals surface area contributed by atoms with Gasteiger partial charge in [-0.15, -0.1) is 0 Å². The van der Waals surface area contributed by atoms with Crippen molar-refractivity contribution >= 4 is 0 Å². The van der Waals surface area contributed by atoms with Crippen molar-refractivity contribution in [2.75, 3.05) is 26.2 Å². The van der Waals surface area contributed by atoms with Gasteiger partial charge in [0.1, 0.15) is 0 Å². The summed E-state index contributed by atoms with van der Waals surface area (Å²) in [5.74, 6) is 0.915. The standard InChI is InChI=1S/C14H21FN2O/c15-13-3-1-2-4-14(13)18-10-12(9-16)11-5-7-17-8-6-11/h1-4,11-12,17H,5-10,16H2. The lowest BCUT2D eigenvalue weighted by Crippen LogP contribution is -2.37. The molecule has 0 spiro atoms. The topological polar surface area (TPSA) is 47.3 Å². The van der Waals surface area contributed by atoms with E-state index in [4.69, 9.17) is 10.5 Å². The van der Waals surface area contributed by atoms with Crippen LogP contribution in [-0.4, -0.2) is 26.2 Å². The van der Waals surface area contributed by atoms with Crippen molar-refractivity contribution in [1.29, 1.82) is 0 Å². The van der Waals surface area contributed by atoms with Crippen LogP contribution in [0.2, 0.25) is 0 Å². The summed E-state index contributed by atoms with van der Waals surface area (Å²) in [6, 6.07) is 6.51. The highest BCUT2D eigenvalue weighted by molar-refractivity contribution is 5.23. The van der Waals surface area contributed by atoms with Crippen LogP contribution in [0.15, 0.2) is 24.3 Å². The third-order valence-corrected chi connectivity index (χ3v) is 3.64. The van der Waals surface area contributed by atoms with Gasteiger partial charge < -0.3 is 15.8 Å². The molecule has 1 aliphatic heterocycles. The van der Waals surface area contributed by atoms with E-state index in [0.29, 0.717) is 30.7 Å². The van der Waals surface area contributed by atoms with E-state index in [1.54, 1.807) is 18.2 Å². The average molecular weight is 252 g/mol. The van der Waals surface area contributed by atoms with Crippen molar-refractivity contribution < 1.29 is 9.13 Å². The maximum Gasteiger partial charge on any atom is 0.165 e. The Morgan fingerprint density at radius 3 is 2.72 bits per heavy atom. The number of para-hydroxylation sites is 1. The second-order valence-corrected chi connectivity index (χ2v) is 4.82. The van der Waals surface area contributed by atoms with Crippen LogP contribution in [0.5, 0.6) is 5.75 Å². The fourth-order valence-corrected chi connectivity index (χ4v) is 2.47. The first kappa shape index (κ1) is 13.3. The molecule has 2 rings (SSSR count). The van der Waals surface area contributed by atoms with E-state index in [-0.39, 0.29) is 5.82 Å². The fourth-order valence-electron chi connectivity index (χ4n) is 2.47. The Hall–Kier alpha value is -1.13. The van der Waals surface area contributed by atoms with Crippen molar-refractivity contribution in [1.82, 2.24) is 5.32 Å². The summed E-state index contributed by atoms with van der Waals surface area (Å²) >= 11 is 0. The van der Waals surface area contributed by atoms with Gasteiger partial charge in [0.2, 0.25) is 0 Å². The Labute approximate surface area is 108 Å². The summed E-state index contributed by atoms with van der Waals surface area (Å²) in [4.78, 5) is 0. The van der Waals surface area contributed by atoms with E-state index in [2.05, 4.69) is 5.32 Å². The number of halogens is 1. The zero-order valence-electron chi connectivity index (χ0n) is 10.6. The number of nitrogens with two attached hydrogens (primary N) is 1. The summed E-state index contributed by atoms with van der Waals surface area (Å²) in [5.41, 5.74) is 5.81. The Morgan fingerprint density at radius 1 is 1.33 bits per heavy atom. The molecule has 1 atom stereocenters. The highest BCUT2D eigenvalue weighted by atomic mass is 19.1. The molecule has 100 valence electrons. The third kappa shape index (κ3) is 3.43. The predicted molar refractivity (Wildman–Crippen MR) is 70.0 cm³/mol. The molecule has 1 aliphatic rings. The van der Waals surface area contributed by atoms with Gasteiger partial charge in [-0.05, 0) is 50.5 Å². The molecule has 0 aliphatic carbocycles. The van der Waals surface area contributed by atoms with Crippen molar-refractivity contribution in [3.63, 3.8) is 0 Å². The molecule has 0 radical (unpaired) electrons. The molecule has 1 unspecified atom stereocenters. The molecule has 3 nitrogen and oxygen atoms in total. The maximum atomic E-state index is 13.4. The first-order valence-corrected chi connectivity index (χ1v) is 6.59. The summed E-state index contributed by atoms with van der Waals surface area (Å²) in [5, 5.41) is 3.33. The zero-order chi connectivity index (χ0) is 12.8. The van der Waals surface area contributed by atoms with Crippen LogP contribution in [0.3, 0.4) is 0 Å². The predicted octanol–water partition coefficient (Wildman–Crippen LogP) is 1.78. The van der Waals surface area contributed by atoms with Crippen LogP contribution >= 0.6 is 0 Å². The number of benzene rings is 1. The third-order valence-electron chi connectivity index (χ3n) is 3.64. The van der Waals surface area contributed by atoms with E-state index in [0.717, 1.165) is 25.9 Å². The SMILES string of the molecule is NCC(COc1ccccc1F)C1CCNCC1. The van der Waals surface area contributed by atoms with Crippen molar-refractivity contribution in [2.45, 2.75) is 12.8 Å². The van der Waals surface area contributed by atoms with Gasteiger partial charge in [-0.1, -0.05) is 12.1 Å². The molecule has 1 fully saturated rings. The van der Waals surface area contributed by atoms with Crippen LogP contribution in [0.1, 0.15) is 12.8 Å². The number of hydrogen-bond acceptors (Lipinski definition) is 3. The Kier molecular flexibility index (Phi) is 4.96. The molecule has 0 amide bonds. The second-order valence-electron chi connectivity index (χ2n) is 4.82. The number of rotatable bonds is 5. The summed E-state index contributed by atoms with van der Waals surface area (Å²) < 4.78 is 19.0. The Bertz CT molecular complexity index is 367. The maximum absolute atomic E-state index is 13.4. The molecular formula is C14H21FN2O. The molecule has 1 aromatic carbocycles. The largest absolute Gasteiger partial charge is 0.490 e. The highest BCUT2D eigenvalue weighted by Gasteiger charge is 2.23. The minimum Gasteiger partial charge on any atom is -0.490 e. The fraction of sp³-hybridized carbons (Fsp3) is 0.571. The monoisotopic (exact) mass is 252 g/mol. The van der Waals surface area contributed by atoms with Gasteiger partial charge in [0.25, 0.3) is 0 Å². The molecule has 0 bridgehead atoms. The molecule has 1 heterocycles. The summed E-state index contributed by atoms with van der Waals surface area (Å²) in [7, 11) is 0.